The summed E-state index contributed by atoms with van der Waals surface area (Å²) in [6, 6.07) is 1.56. The quantitative estimate of drug-likeness (QED) is 0.740. The molecule has 0 aromatic rings. The van der Waals surface area contributed by atoms with Crippen molar-refractivity contribution in [2.45, 2.75) is 25.7 Å². The Morgan fingerprint density at radius 2 is 2.06 bits per heavy atom. The average Bonchev–Trinajstić information content (AvgIpc) is 2.27. The van der Waals surface area contributed by atoms with Crippen LogP contribution in [0.1, 0.15) is 25.7 Å². The summed E-state index contributed by atoms with van der Waals surface area (Å²) in [7, 11) is -3.58. The Bertz CT molecular complexity index is 413. The molecule has 0 spiro atoms. The molecule has 0 aromatic carbocycles. The third kappa shape index (κ3) is 4.32. The van der Waals surface area contributed by atoms with Gasteiger partial charge in [-0.05, 0) is 18.8 Å². The lowest BCUT2D eigenvalue weighted by Crippen LogP contribution is -2.37. The normalized spacial score (nSPS) is 25.1. The molecule has 0 bridgehead atoms. The van der Waals surface area contributed by atoms with Crippen LogP contribution in [0.3, 0.4) is 0 Å². The summed E-state index contributed by atoms with van der Waals surface area (Å²) in [4.78, 5) is 11.0. The molecule has 0 aromatic heterocycles. The monoisotopic (exact) mass is 260 g/mol. The lowest BCUT2D eigenvalue weighted by Gasteiger charge is -2.28. The van der Waals surface area contributed by atoms with Gasteiger partial charge in [-0.2, -0.15) is 5.26 Å². The van der Waals surface area contributed by atoms with Gasteiger partial charge in [0.15, 0.2) is 5.75 Å². The molecule has 0 amide bonds. The molecule has 1 fully saturated rings. The molecule has 0 saturated heterocycles. The van der Waals surface area contributed by atoms with Crippen molar-refractivity contribution < 1.29 is 18.3 Å². The maximum atomic E-state index is 11.3. The Balaban J connectivity index is 2.55. The zero-order chi connectivity index (χ0) is 12.9. The van der Waals surface area contributed by atoms with Crippen molar-refractivity contribution in [2.75, 3.05) is 12.3 Å². The van der Waals surface area contributed by atoms with E-state index in [1.165, 1.54) is 0 Å². The lowest BCUT2D eigenvalue weighted by atomic mass is 9.79. The highest BCUT2D eigenvalue weighted by atomic mass is 32.2. The molecule has 1 saturated carbocycles. The summed E-state index contributed by atoms with van der Waals surface area (Å²) in [5, 5.41) is 17.3. The maximum Gasteiger partial charge on any atom is 0.306 e. The SMILES string of the molecule is N#CCS(=O)(=O)NCC1CCCCC1C(=O)O. The molecule has 2 N–H and O–H groups in total. The van der Waals surface area contributed by atoms with E-state index in [0.29, 0.717) is 12.8 Å². The molecule has 1 aliphatic rings. The van der Waals surface area contributed by atoms with Gasteiger partial charge in [0.05, 0.1) is 12.0 Å². The van der Waals surface area contributed by atoms with E-state index in [0.717, 1.165) is 12.8 Å². The van der Waals surface area contributed by atoms with Crippen LogP contribution in [0.2, 0.25) is 0 Å². The predicted octanol–water partition coefficient (Wildman–Crippen LogP) is 0.320. The largest absolute Gasteiger partial charge is 0.481 e. The second-order valence-corrected chi connectivity index (χ2v) is 6.06. The summed E-state index contributed by atoms with van der Waals surface area (Å²) in [5.41, 5.74) is 0. The molecule has 0 heterocycles. The number of rotatable bonds is 5. The van der Waals surface area contributed by atoms with Crippen LogP contribution in [0.25, 0.3) is 0 Å². The first-order valence-corrected chi connectivity index (χ1v) is 7.18. The van der Waals surface area contributed by atoms with Gasteiger partial charge in [-0.3, -0.25) is 4.79 Å². The first kappa shape index (κ1) is 13.9. The number of aliphatic carboxylic acids is 1. The average molecular weight is 260 g/mol. The lowest BCUT2D eigenvalue weighted by molar-refractivity contribution is -0.144. The minimum atomic E-state index is -3.58. The van der Waals surface area contributed by atoms with Crippen molar-refractivity contribution in [3.8, 4) is 6.07 Å². The number of nitrogens with one attached hydrogen (secondary N) is 1. The molecule has 2 unspecified atom stereocenters. The van der Waals surface area contributed by atoms with E-state index >= 15 is 0 Å². The summed E-state index contributed by atoms with van der Waals surface area (Å²) in [6.45, 7) is 0.112. The van der Waals surface area contributed by atoms with Crippen molar-refractivity contribution in [3.05, 3.63) is 0 Å². The van der Waals surface area contributed by atoms with E-state index in [-0.39, 0.29) is 12.5 Å². The van der Waals surface area contributed by atoms with Crippen molar-refractivity contribution in [2.24, 2.45) is 11.8 Å². The van der Waals surface area contributed by atoms with Gasteiger partial charge < -0.3 is 5.11 Å². The van der Waals surface area contributed by atoms with Crippen molar-refractivity contribution >= 4 is 16.0 Å². The van der Waals surface area contributed by atoms with Gasteiger partial charge in [0.2, 0.25) is 10.0 Å². The van der Waals surface area contributed by atoms with E-state index in [1.54, 1.807) is 6.07 Å². The smallest absolute Gasteiger partial charge is 0.306 e. The molecule has 1 aliphatic carbocycles. The highest BCUT2D eigenvalue weighted by Crippen LogP contribution is 2.29. The molecule has 0 aliphatic heterocycles. The van der Waals surface area contributed by atoms with Gasteiger partial charge in [0.1, 0.15) is 0 Å². The molecule has 0 radical (unpaired) electrons. The maximum absolute atomic E-state index is 11.3. The fraction of sp³-hybridized carbons (Fsp3) is 0.800. The number of carboxylic acid groups (broad SMARTS) is 1. The molecule has 7 heteroatoms. The predicted molar refractivity (Wildman–Crippen MR) is 60.5 cm³/mol. The minimum Gasteiger partial charge on any atom is -0.481 e. The zero-order valence-corrected chi connectivity index (χ0v) is 10.2. The van der Waals surface area contributed by atoms with Crippen molar-refractivity contribution in [1.29, 1.82) is 5.26 Å². The van der Waals surface area contributed by atoms with Gasteiger partial charge >= 0.3 is 5.97 Å². The van der Waals surface area contributed by atoms with Crippen LogP contribution in [0.4, 0.5) is 0 Å². The third-order valence-corrected chi connectivity index (χ3v) is 4.16. The Kier molecular flexibility index (Phi) is 4.90. The summed E-state index contributed by atoms with van der Waals surface area (Å²) in [5.74, 6) is -2.10. The van der Waals surface area contributed by atoms with Crippen LogP contribution in [0.5, 0.6) is 0 Å². The number of carbonyl (C=O) groups is 1. The molecule has 17 heavy (non-hydrogen) atoms. The third-order valence-electron chi connectivity index (χ3n) is 3.05. The van der Waals surface area contributed by atoms with Crippen LogP contribution in [0.15, 0.2) is 0 Å². The minimum absolute atomic E-state index is 0.112. The van der Waals surface area contributed by atoms with E-state index in [2.05, 4.69) is 4.72 Å². The number of hydrogen-bond donors (Lipinski definition) is 2. The molecule has 96 valence electrons. The van der Waals surface area contributed by atoms with Crippen LogP contribution in [-0.4, -0.2) is 31.8 Å². The second kappa shape index (κ2) is 5.98. The van der Waals surface area contributed by atoms with Gasteiger partial charge in [-0.25, -0.2) is 13.1 Å². The van der Waals surface area contributed by atoms with Crippen LogP contribution in [-0.2, 0) is 14.8 Å². The van der Waals surface area contributed by atoms with E-state index < -0.39 is 27.7 Å². The first-order chi connectivity index (χ1) is 7.96. The zero-order valence-electron chi connectivity index (χ0n) is 9.42. The van der Waals surface area contributed by atoms with Crippen molar-refractivity contribution in [3.63, 3.8) is 0 Å². The number of nitrogens with zero attached hydrogens (tertiary/aromatic N) is 1. The fourth-order valence-corrected chi connectivity index (χ4v) is 2.89. The van der Waals surface area contributed by atoms with E-state index in [1.807, 2.05) is 0 Å². The van der Waals surface area contributed by atoms with E-state index in [4.69, 9.17) is 10.4 Å². The second-order valence-electron chi connectivity index (χ2n) is 4.25. The summed E-state index contributed by atoms with van der Waals surface area (Å²) >= 11 is 0. The standard InChI is InChI=1S/C10H16N2O4S/c11-5-6-17(15,16)12-7-8-3-1-2-4-9(8)10(13)14/h8-9,12H,1-4,6-7H2,(H,13,14). The number of sulfonamides is 1. The van der Waals surface area contributed by atoms with E-state index in [9.17, 15) is 13.2 Å². The Morgan fingerprint density at radius 3 is 2.65 bits per heavy atom. The molecular formula is C10H16N2O4S. The molecular weight excluding hydrogens is 244 g/mol. The molecule has 2 atom stereocenters. The fourth-order valence-electron chi connectivity index (χ4n) is 2.15. The Hall–Kier alpha value is -1.13. The highest BCUT2D eigenvalue weighted by Gasteiger charge is 2.31. The number of carboxylic acids is 1. The Morgan fingerprint density at radius 1 is 1.41 bits per heavy atom. The molecule has 6 nitrogen and oxygen atoms in total. The number of hydrogen-bond acceptors (Lipinski definition) is 4. The Labute approximate surface area is 101 Å². The van der Waals surface area contributed by atoms with Crippen molar-refractivity contribution in [1.82, 2.24) is 4.72 Å². The van der Waals surface area contributed by atoms with Gasteiger partial charge in [-0.15, -0.1) is 0 Å². The number of nitriles is 1. The summed E-state index contributed by atoms with van der Waals surface area (Å²) in [6.07, 6.45) is 3.11. The summed E-state index contributed by atoms with van der Waals surface area (Å²) < 4.78 is 24.8. The van der Waals surface area contributed by atoms with Gasteiger partial charge in [0.25, 0.3) is 0 Å². The molecule has 1 rings (SSSR count). The topological polar surface area (TPSA) is 107 Å². The van der Waals surface area contributed by atoms with Crippen LogP contribution >= 0.6 is 0 Å². The van der Waals surface area contributed by atoms with Gasteiger partial charge in [0, 0.05) is 6.54 Å². The van der Waals surface area contributed by atoms with Crippen LogP contribution < -0.4 is 4.72 Å². The van der Waals surface area contributed by atoms with Crippen LogP contribution in [0, 0.1) is 23.2 Å². The van der Waals surface area contributed by atoms with Gasteiger partial charge in [-0.1, -0.05) is 12.8 Å². The highest BCUT2D eigenvalue weighted by molar-refractivity contribution is 7.89. The first-order valence-electron chi connectivity index (χ1n) is 5.53.